The second kappa shape index (κ2) is 7.89. The van der Waals surface area contributed by atoms with Gasteiger partial charge in [-0.2, -0.15) is 0 Å². The number of ether oxygens (including phenoxy) is 1. The van der Waals surface area contributed by atoms with Crippen LogP contribution in [0.1, 0.15) is 18.1 Å². The number of nitrogens with one attached hydrogen (secondary N) is 1. The first-order valence-electron chi connectivity index (χ1n) is 7.24. The Balaban J connectivity index is 0.00000225. The molecule has 0 aliphatic carbocycles. The molecule has 0 saturated carbocycles. The molecule has 3 N–H and O–H groups in total. The van der Waals surface area contributed by atoms with Crippen molar-refractivity contribution in [1.29, 1.82) is 0 Å². The van der Waals surface area contributed by atoms with Gasteiger partial charge in [-0.1, -0.05) is 0 Å². The molecular weight excluding hydrogens is 452 g/mol. The highest BCUT2D eigenvalue weighted by molar-refractivity contribution is 14.0. The van der Waals surface area contributed by atoms with Crippen LogP contribution in [-0.2, 0) is 19.5 Å². The summed E-state index contributed by atoms with van der Waals surface area (Å²) in [7, 11) is 0. The van der Waals surface area contributed by atoms with E-state index in [4.69, 9.17) is 5.73 Å². The molecule has 0 saturated heterocycles. The molecule has 7 nitrogen and oxygen atoms in total. The number of guanidine groups is 1. The molecule has 1 aromatic heterocycles. The van der Waals surface area contributed by atoms with Crippen LogP contribution in [0.15, 0.2) is 29.3 Å². The summed E-state index contributed by atoms with van der Waals surface area (Å²) in [5, 5.41) is 10.9. The van der Waals surface area contributed by atoms with Crippen LogP contribution >= 0.6 is 24.0 Å². The van der Waals surface area contributed by atoms with E-state index in [1.165, 1.54) is 24.3 Å². The van der Waals surface area contributed by atoms with Crippen molar-refractivity contribution in [1.82, 2.24) is 14.8 Å². The zero-order valence-electron chi connectivity index (χ0n) is 13.0. The molecule has 0 amide bonds. The second-order valence-corrected chi connectivity index (χ2v) is 5.19. The van der Waals surface area contributed by atoms with Crippen LogP contribution in [0.25, 0.3) is 0 Å². The van der Waals surface area contributed by atoms with E-state index in [9.17, 15) is 13.2 Å². The number of alkyl halides is 3. The Kier molecular flexibility index (Phi) is 6.08. The maximum Gasteiger partial charge on any atom is 0.573 e. The molecule has 3 rings (SSSR count). The number of aliphatic imine (C=N–C) groups is 1. The number of hydrogen-bond donors (Lipinski definition) is 2. The van der Waals surface area contributed by atoms with Gasteiger partial charge in [-0.15, -0.1) is 47.3 Å². The fourth-order valence-corrected chi connectivity index (χ4v) is 2.41. The minimum absolute atomic E-state index is 0. The SMILES string of the molecule is I.NC(=NCc1nnc2n1CCC2)Nc1ccc(OC(F)(F)F)cc1. The first-order valence-corrected chi connectivity index (χ1v) is 7.24. The maximum atomic E-state index is 12.1. The Labute approximate surface area is 158 Å². The van der Waals surface area contributed by atoms with Crippen LogP contribution in [0.2, 0.25) is 0 Å². The van der Waals surface area contributed by atoms with E-state index >= 15 is 0 Å². The molecule has 0 spiro atoms. The number of nitrogens with zero attached hydrogens (tertiary/aromatic N) is 4. The number of hydrogen-bond acceptors (Lipinski definition) is 4. The molecule has 0 bridgehead atoms. The largest absolute Gasteiger partial charge is 0.573 e. The standard InChI is InChI=1S/C14H15F3N6O.HI/c15-14(16,17)24-10-5-3-9(4-6-10)20-13(18)19-8-12-22-21-11-2-1-7-23(11)12;/h3-6H,1-2,7-8H2,(H3,18,19,20);1H. The molecule has 0 radical (unpaired) electrons. The third kappa shape index (κ3) is 5.21. The normalized spacial score (nSPS) is 14.0. The zero-order chi connectivity index (χ0) is 17.2. The fraction of sp³-hybridized carbons (Fsp3) is 0.357. The summed E-state index contributed by atoms with van der Waals surface area (Å²) < 4.78 is 42.1. The minimum Gasteiger partial charge on any atom is -0.406 e. The summed E-state index contributed by atoms with van der Waals surface area (Å²) in [6, 6.07) is 5.21. The van der Waals surface area contributed by atoms with Gasteiger partial charge in [-0.25, -0.2) is 4.99 Å². The lowest BCUT2D eigenvalue weighted by atomic mass is 10.3. The van der Waals surface area contributed by atoms with Crippen LogP contribution in [0.4, 0.5) is 18.9 Å². The predicted octanol–water partition coefficient (Wildman–Crippen LogP) is 2.67. The molecule has 1 aliphatic heterocycles. The van der Waals surface area contributed by atoms with Crippen LogP contribution in [-0.4, -0.2) is 27.1 Å². The first-order chi connectivity index (χ1) is 11.4. The summed E-state index contributed by atoms with van der Waals surface area (Å²) in [4.78, 5) is 4.17. The average molecular weight is 468 g/mol. The summed E-state index contributed by atoms with van der Waals surface area (Å²) >= 11 is 0. The Morgan fingerprint density at radius 3 is 2.68 bits per heavy atom. The minimum atomic E-state index is -4.71. The monoisotopic (exact) mass is 468 g/mol. The first kappa shape index (κ1) is 19.3. The number of benzene rings is 1. The van der Waals surface area contributed by atoms with Gasteiger partial charge in [0.1, 0.15) is 18.1 Å². The Morgan fingerprint density at radius 2 is 2.00 bits per heavy atom. The number of nitrogens with two attached hydrogens (primary N) is 1. The van der Waals surface area contributed by atoms with Gasteiger partial charge in [0.25, 0.3) is 0 Å². The highest BCUT2D eigenvalue weighted by Crippen LogP contribution is 2.23. The lowest BCUT2D eigenvalue weighted by molar-refractivity contribution is -0.274. The Morgan fingerprint density at radius 1 is 1.28 bits per heavy atom. The van der Waals surface area contributed by atoms with Gasteiger partial charge in [0.2, 0.25) is 0 Å². The van der Waals surface area contributed by atoms with Crippen molar-refractivity contribution in [3.8, 4) is 5.75 Å². The van der Waals surface area contributed by atoms with Gasteiger partial charge in [0.05, 0.1) is 0 Å². The number of aromatic nitrogens is 3. The van der Waals surface area contributed by atoms with E-state index in [0.29, 0.717) is 5.69 Å². The molecule has 1 aromatic carbocycles. The number of aryl methyl sites for hydroxylation is 1. The number of anilines is 1. The van der Waals surface area contributed by atoms with Gasteiger partial charge < -0.3 is 20.4 Å². The van der Waals surface area contributed by atoms with Crippen molar-refractivity contribution in [2.45, 2.75) is 32.3 Å². The molecule has 11 heteroatoms. The van der Waals surface area contributed by atoms with Crippen LogP contribution in [0.5, 0.6) is 5.75 Å². The zero-order valence-corrected chi connectivity index (χ0v) is 15.3. The van der Waals surface area contributed by atoms with Gasteiger partial charge >= 0.3 is 6.36 Å². The van der Waals surface area contributed by atoms with Crippen molar-refractivity contribution in [3.63, 3.8) is 0 Å². The van der Waals surface area contributed by atoms with Crippen molar-refractivity contribution in [3.05, 3.63) is 35.9 Å². The van der Waals surface area contributed by atoms with E-state index in [-0.39, 0.29) is 42.2 Å². The summed E-state index contributed by atoms with van der Waals surface area (Å²) in [5.74, 6) is 1.52. The van der Waals surface area contributed by atoms with Gasteiger partial charge in [-0.3, -0.25) is 0 Å². The average Bonchev–Trinajstić information content (AvgIpc) is 3.09. The number of fused-ring (bicyclic) bond motifs is 1. The molecule has 0 atom stereocenters. The predicted molar refractivity (Wildman–Crippen MR) is 95.8 cm³/mol. The molecule has 25 heavy (non-hydrogen) atoms. The quantitative estimate of drug-likeness (QED) is 0.409. The van der Waals surface area contributed by atoms with Crippen molar-refractivity contribution >= 4 is 35.6 Å². The Bertz CT molecular complexity index is 744. The van der Waals surface area contributed by atoms with Gasteiger partial charge in [-0.05, 0) is 30.7 Å². The molecule has 0 fully saturated rings. The lowest BCUT2D eigenvalue weighted by Crippen LogP contribution is -2.23. The molecule has 136 valence electrons. The maximum absolute atomic E-state index is 12.1. The van der Waals surface area contributed by atoms with E-state index in [2.05, 4.69) is 25.2 Å². The van der Waals surface area contributed by atoms with E-state index in [1.54, 1.807) is 0 Å². The lowest BCUT2D eigenvalue weighted by Gasteiger charge is -2.10. The summed E-state index contributed by atoms with van der Waals surface area (Å²) in [6.07, 6.45) is -2.76. The van der Waals surface area contributed by atoms with E-state index < -0.39 is 6.36 Å². The Hall–Kier alpha value is -2.05. The third-order valence-corrected chi connectivity index (χ3v) is 3.44. The van der Waals surface area contributed by atoms with Crippen LogP contribution in [0, 0.1) is 0 Å². The van der Waals surface area contributed by atoms with Gasteiger partial charge in [0.15, 0.2) is 11.8 Å². The van der Waals surface area contributed by atoms with E-state index in [1.807, 2.05) is 4.57 Å². The molecule has 2 aromatic rings. The van der Waals surface area contributed by atoms with Crippen LogP contribution < -0.4 is 15.8 Å². The van der Waals surface area contributed by atoms with Crippen molar-refractivity contribution < 1.29 is 17.9 Å². The van der Waals surface area contributed by atoms with Crippen molar-refractivity contribution in [2.75, 3.05) is 5.32 Å². The fourth-order valence-electron chi connectivity index (χ4n) is 2.41. The molecule has 2 heterocycles. The highest BCUT2D eigenvalue weighted by atomic mass is 127. The molecular formula is C14H16F3IN6O. The molecule has 1 aliphatic rings. The number of rotatable bonds is 4. The van der Waals surface area contributed by atoms with Crippen LogP contribution in [0.3, 0.4) is 0 Å². The molecule has 0 unspecified atom stereocenters. The third-order valence-electron chi connectivity index (χ3n) is 3.44. The topological polar surface area (TPSA) is 90.4 Å². The summed E-state index contributed by atoms with van der Waals surface area (Å²) in [6.45, 7) is 1.16. The number of halogens is 4. The van der Waals surface area contributed by atoms with Gasteiger partial charge in [0, 0.05) is 18.7 Å². The second-order valence-electron chi connectivity index (χ2n) is 5.19. The van der Waals surface area contributed by atoms with E-state index in [0.717, 1.165) is 31.0 Å². The summed E-state index contributed by atoms with van der Waals surface area (Å²) in [5.41, 5.74) is 6.27. The highest BCUT2D eigenvalue weighted by Gasteiger charge is 2.30. The smallest absolute Gasteiger partial charge is 0.406 e. The van der Waals surface area contributed by atoms with Crippen molar-refractivity contribution in [2.24, 2.45) is 10.7 Å².